The third-order valence-corrected chi connectivity index (χ3v) is 8.90. The lowest BCUT2D eigenvalue weighted by Gasteiger charge is -2.49. The molecule has 3 rings (SSSR count). The summed E-state index contributed by atoms with van der Waals surface area (Å²) in [6.45, 7) is 0.635. The number of aliphatic hydroxyl groups excluding tert-OH is 6. The second kappa shape index (κ2) is 12.9. The van der Waals surface area contributed by atoms with Crippen LogP contribution in [0, 0.1) is 0 Å². The van der Waals surface area contributed by atoms with Gasteiger partial charge in [-0.3, -0.25) is 9.79 Å². The van der Waals surface area contributed by atoms with Crippen molar-refractivity contribution in [3.05, 3.63) is 0 Å². The Morgan fingerprint density at radius 2 is 1.75 bits per heavy atom. The molecular weight excluding hydrogens is 655 g/mol. The molecule has 0 radical (unpaired) electrons. The van der Waals surface area contributed by atoms with Crippen molar-refractivity contribution < 1.29 is 59.5 Å². The molecule has 19 heteroatoms. The van der Waals surface area contributed by atoms with Crippen molar-refractivity contribution in [2.75, 3.05) is 13.7 Å². The van der Waals surface area contributed by atoms with Crippen molar-refractivity contribution in [1.82, 2.24) is 5.32 Å². The topological polar surface area (TPSA) is 310 Å². The summed E-state index contributed by atoms with van der Waals surface area (Å²) in [5.41, 5.74) is 14.0. The zero-order valence-electron chi connectivity index (χ0n) is 21.5. The number of rotatable bonds is 9. The van der Waals surface area contributed by atoms with E-state index in [4.69, 9.17) is 36.1 Å². The molecule has 2 heterocycles. The van der Waals surface area contributed by atoms with Gasteiger partial charge < -0.3 is 77.2 Å². The minimum absolute atomic E-state index is 0.151. The van der Waals surface area contributed by atoms with Gasteiger partial charge in [0.25, 0.3) is 0 Å². The van der Waals surface area contributed by atoms with Crippen LogP contribution in [-0.2, 0) is 23.7 Å². The van der Waals surface area contributed by atoms with Gasteiger partial charge in [0.05, 0.1) is 25.1 Å². The summed E-state index contributed by atoms with van der Waals surface area (Å²) >= 11 is 1.56. The normalized spacial score (nSPS) is 49.7. The standard InChI is InChI=1S/C21H37IN6O12/c1-6-20(36,4-30)16(39-17-9(26-2)11(32)10(31)7(3-29)38-17)18(37-6)40-21(22)14(28-19(24)25)12(33)8(27-5-23)13(34)15(21)35/h4-18,26,29,31-36H,3H2,1-2H3,(H2,23,27)(H4,24,25,28)/t6-,7-,8+,9-,10-,11-,12+,13-,14-,15+,16-,17-,18-,20+,21-/m0/s1. The van der Waals surface area contributed by atoms with Gasteiger partial charge in [0.2, 0.25) is 0 Å². The molecule has 0 unspecified atom stereocenters. The molecule has 0 bridgehead atoms. The van der Waals surface area contributed by atoms with Crippen LogP contribution in [0.25, 0.3) is 0 Å². The Balaban J connectivity index is 2.01. The summed E-state index contributed by atoms with van der Waals surface area (Å²) in [7, 11) is 1.42. The summed E-state index contributed by atoms with van der Waals surface area (Å²) in [5.74, 6) is -0.513. The first-order valence-electron chi connectivity index (χ1n) is 12.2. The van der Waals surface area contributed by atoms with E-state index in [0.29, 0.717) is 0 Å². The molecule has 3 fully saturated rings. The van der Waals surface area contributed by atoms with E-state index in [1.54, 1.807) is 22.6 Å². The Morgan fingerprint density at radius 1 is 1.10 bits per heavy atom. The van der Waals surface area contributed by atoms with E-state index in [1.165, 1.54) is 14.0 Å². The molecule has 18 nitrogen and oxygen atoms in total. The highest BCUT2D eigenvalue weighted by atomic mass is 127. The van der Waals surface area contributed by atoms with Crippen molar-refractivity contribution >= 4 is 41.2 Å². The van der Waals surface area contributed by atoms with Gasteiger partial charge in [-0.1, -0.05) is 0 Å². The third-order valence-electron chi connectivity index (χ3n) is 7.37. The molecule has 0 aromatic heterocycles. The maximum absolute atomic E-state index is 12.1. The Bertz CT molecular complexity index is 950. The van der Waals surface area contributed by atoms with E-state index in [-0.39, 0.29) is 6.29 Å². The summed E-state index contributed by atoms with van der Waals surface area (Å²) in [6, 6.07) is -3.98. The van der Waals surface area contributed by atoms with Gasteiger partial charge in [0.1, 0.15) is 54.8 Å². The zero-order valence-corrected chi connectivity index (χ0v) is 23.7. The maximum Gasteiger partial charge on any atom is 0.189 e. The largest absolute Gasteiger partial charge is 0.394 e. The van der Waals surface area contributed by atoms with Crippen LogP contribution in [0.1, 0.15) is 6.92 Å². The fourth-order valence-corrected chi connectivity index (χ4v) is 6.17. The van der Waals surface area contributed by atoms with Gasteiger partial charge in [-0.25, -0.2) is 4.99 Å². The Labute approximate surface area is 242 Å². The maximum atomic E-state index is 12.1. The molecule has 230 valence electrons. The zero-order chi connectivity index (χ0) is 30.2. The number of nitrogens with two attached hydrogens (primary N) is 3. The van der Waals surface area contributed by atoms with E-state index in [9.17, 15) is 40.5 Å². The molecule has 14 N–H and O–H groups in total. The fraction of sp³-hybridized carbons (Fsp3) is 0.857. The number of aldehydes is 1. The number of halogens is 1. The van der Waals surface area contributed by atoms with Crippen molar-refractivity contribution in [2.24, 2.45) is 27.2 Å². The number of alkyl halides is 1. The molecule has 0 amide bonds. The highest BCUT2D eigenvalue weighted by Crippen LogP contribution is 2.45. The van der Waals surface area contributed by atoms with Crippen LogP contribution in [0.2, 0.25) is 0 Å². The number of aliphatic hydroxyl groups is 7. The first-order chi connectivity index (χ1) is 18.7. The summed E-state index contributed by atoms with van der Waals surface area (Å²) in [5, 5.41) is 77.2. The number of guanidine groups is 1. The Kier molecular flexibility index (Phi) is 10.7. The van der Waals surface area contributed by atoms with E-state index < -0.39 is 101 Å². The second-order valence-electron chi connectivity index (χ2n) is 9.76. The van der Waals surface area contributed by atoms with E-state index in [1.807, 2.05) is 0 Å². The number of hydrogen-bond acceptors (Lipinski definition) is 15. The highest BCUT2D eigenvalue weighted by Gasteiger charge is 2.65. The number of carbonyl (C=O) groups excluding carboxylic acids is 1. The van der Waals surface area contributed by atoms with Crippen molar-refractivity contribution in [1.29, 1.82) is 0 Å². The average Bonchev–Trinajstić information content (AvgIpc) is 3.14. The van der Waals surface area contributed by atoms with Crippen molar-refractivity contribution in [2.45, 2.75) is 95.7 Å². The summed E-state index contributed by atoms with van der Waals surface area (Å²) < 4.78 is 21.2. The van der Waals surface area contributed by atoms with Crippen molar-refractivity contribution in [3.63, 3.8) is 0 Å². The molecule has 2 saturated heterocycles. The number of carbonyl (C=O) groups is 1. The number of nitrogens with one attached hydrogen (secondary N) is 1. The molecular formula is C21H37IN6O12. The lowest BCUT2D eigenvalue weighted by atomic mass is 9.81. The van der Waals surface area contributed by atoms with Crippen LogP contribution in [0.3, 0.4) is 0 Å². The van der Waals surface area contributed by atoms with Gasteiger partial charge >= 0.3 is 0 Å². The number of likely N-dealkylation sites (N-methyl/N-ethyl adjacent to an activating group) is 1. The number of ether oxygens (including phenoxy) is 4. The minimum Gasteiger partial charge on any atom is -0.394 e. The lowest BCUT2D eigenvalue weighted by molar-refractivity contribution is -0.315. The quantitative estimate of drug-likeness (QED) is 0.0352. The van der Waals surface area contributed by atoms with E-state index in [2.05, 4.69) is 15.3 Å². The predicted octanol–water partition coefficient (Wildman–Crippen LogP) is -6.68. The molecule has 1 saturated carbocycles. The number of aliphatic imine (C=N–C) groups is 2. The highest BCUT2D eigenvalue weighted by molar-refractivity contribution is 14.1. The average molecular weight is 692 g/mol. The van der Waals surface area contributed by atoms with Gasteiger partial charge in [-0.05, 0) is 36.6 Å². The lowest BCUT2D eigenvalue weighted by Crippen LogP contribution is -2.70. The fourth-order valence-electron chi connectivity index (χ4n) is 5.04. The summed E-state index contributed by atoms with van der Waals surface area (Å²) in [6.07, 6.45) is -14.8. The van der Waals surface area contributed by atoms with Crippen LogP contribution in [0.5, 0.6) is 0 Å². The van der Waals surface area contributed by atoms with Crippen molar-refractivity contribution in [3.8, 4) is 0 Å². The van der Waals surface area contributed by atoms with E-state index >= 15 is 0 Å². The molecule has 2 aliphatic heterocycles. The van der Waals surface area contributed by atoms with E-state index in [0.717, 1.165) is 6.34 Å². The molecule has 1 aliphatic carbocycles. The Morgan fingerprint density at radius 3 is 2.27 bits per heavy atom. The molecule has 40 heavy (non-hydrogen) atoms. The van der Waals surface area contributed by atoms with Gasteiger partial charge in [0, 0.05) is 0 Å². The predicted molar refractivity (Wildman–Crippen MR) is 143 cm³/mol. The van der Waals surface area contributed by atoms with Gasteiger partial charge in [-0.2, -0.15) is 0 Å². The van der Waals surface area contributed by atoms with Gasteiger partial charge in [0.15, 0.2) is 34.0 Å². The molecule has 15 atom stereocenters. The van der Waals surface area contributed by atoms with Crippen LogP contribution in [0.15, 0.2) is 9.98 Å². The number of hydrogen-bond donors (Lipinski definition) is 11. The minimum atomic E-state index is -2.38. The Hall–Kier alpha value is -1.34. The first kappa shape index (κ1) is 33.2. The number of nitrogens with zero attached hydrogens (tertiary/aromatic N) is 2. The summed E-state index contributed by atoms with van der Waals surface area (Å²) in [4.78, 5) is 19.9. The molecule has 3 aliphatic rings. The SMILES string of the molecule is CN[C@@H]1[C@H](O[C@H]2[C@H](O[C@]3(I)[C@H](O)[C@@H](O)[C@H](N=CN)[C@@H](O)[C@@H]3N=C(N)N)O[C@@H](C)[C@]2(O)C=O)O[C@@H](CO)[C@H](O)[C@H]1O. The van der Waals surface area contributed by atoms with Gasteiger partial charge in [-0.15, -0.1) is 0 Å². The monoisotopic (exact) mass is 692 g/mol. The third kappa shape index (κ3) is 5.80. The van der Waals surface area contributed by atoms with Crippen LogP contribution in [0.4, 0.5) is 0 Å². The first-order valence-corrected chi connectivity index (χ1v) is 13.3. The van der Waals surface area contributed by atoms with Crippen LogP contribution in [-0.4, -0.2) is 157 Å². The second-order valence-corrected chi connectivity index (χ2v) is 11.4. The smallest absolute Gasteiger partial charge is 0.189 e. The van der Waals surface area contributed by atoms with Crippen LogP contribution >= 0.6 is 22.6 Å². The molecule has 0 spiro atoms. The molecule has 0 aromatic carbocycles. The van der Waals surface area contributed by atoms with Crippen LogP contribution < -0.4 is 22.5 Å². The molecule has 0 aromatic rings.